The van der Waals surface area contributed by atoms with Gasteiger partial charge in [0.2, 0.25) is 0 Å². The third kappa shape index (κ3) is 6.49. The van der Waals surface area contributed by atoms with Crippen molar-refractivity contribution in [2.75, 3.05) is 0 Å². The van der Waals surface area contributed by atoms with Crippen LogP contribution in [0, 0.1) is 5.82 Å². The SMILES string of the molecule is CC.Fc1cc(CSCc2cccc(Cl)c2)ccc1B(S)S. The quantitative estimate of drug-likeness (QED) is 0.516. The average Bonchev–Trinajstić information content (AvgIpc) is 2.49. The fourth-order valence-electron chi connectivity index (χ4n) is 1.78. The topological polar surface area (TPSA) is 0 Å². The summed E-state index contributed by atoms with van der Waals surface area (Å²) in [5, 5.41) is 0.357. The van der Waals surface area contributed by atoms with E-state index in [-0.39, 0.29) is 11.1 Å². The van der Waals surface area contributed by atoms with E-state index in [1.807, 2.05) is 44.2 Å². The van der Waals surface area contributed by atoms with Gasteiger partial charge in [-0.05, 0) is 34.8 Å². The van der Waals surface area contributed by atoms with Crippen LogP contribution in [-0.4, -0.2) is 5.27 Å². The van der Waals surface area contributed by atoms with Crippen LogP contribution in [0.4, 0.5) is 4.39 Å². The Balaban J connectivity index is 0.00000116. The van der Waals surface area contributed by atoms with Crippen molar-refractivity contribution in [3.63, 3.8) is 0 Å². The van der Waals surface area contributed by atoms with Gasteiger partial charge in [-0.2, -0.15) is 11.8 Å². The molecule has 0 aliphatic carbocycles. The van der Waals surface area contributed by atoms with E-state index in [2.05, 4.69) is 25.0 Å². The Morgan fingerprint density at radius 2 is 1.68 bits per heavy atom. The molecule has 0 fully saturated rings. The first-order valence-corrected chi connectivity index (χ1v) is 9.59. The van der Waals surface area contributed by atoms with Crippen molar-refractivity contribution in [1.29, 1.82) is 0 Å². The number of rotatable bonds is 5. The highest BCUT2D eigenvalue weighted by atomic mass is 35.5. The molecular formula is C16H19BClFS3. The lowest BCUT2D eigenvalue weighted by Crippen LogP contribution is -2.22. The van der Waals surface area contributed by atoms with E-state index in [4.69, 9.17) is 11.6 Å². The summed E-state index contributed by atoms with van der Waals surface area (Å²) in [6, 6.07) is 13.0. The van der Waals surface area contributed by atoms with Gasteiger partial charge in [-0.25, -0.2) is 29.4 Å². The van der Waals surface area contributed by atoms with Crippen LogP contribution in [-0.2, 0) is 11.5 Å². The van der Waals surface area contributed by atoms with E-state index < -0.39 is 0 Å². The number of hydrogen-bond acceptors (Lipinski definition) is 3. The number of hydrogen-bond donors (Lipinski definition) is 2. The summed E-state index contributed by atoms with van der Waals surface area (Å²) >= 11 is 15.9. The molecule has 0 atom stereocenters. The fraction of sp³-hybridized carbons (Fsp3) is 0.250. The molecule has 0 saturated carbocycles. The summed E-state index contributed by atoms with van der Waals surface area (Å²) in [6.07, 6.45) is 0. The van der Waals surface area contributed by atoms with Crippen molar-refractivity contribution < 1.29 is 4.39 Å². The molecule has 0 radical (unpaired) electrons. The Morgan fingerprint density at radius 1 is 1.05 bits per heavy atom. The highest BCUT2D eigenvalue weighted by Gasteiger charge is 2.12. The minimum atomic E-state index is -0.386. The minimum absolute atomic E-state index is 0.249. The Hall–Kier alpha value is -0.225. The standard InChI is InChI=1S/C14H13BClFS3.C2H6/c16-12-3-1-2-10(6-12)8-20-9-11-4-5-13(15(18)19)14(17)7-11;1-2/h1-7,18-19H,8-9H2;1-2H3. The summed E-state index contributed by atoms with van der Waals surface area (Å²) in [6.45, 7) is 4.00. The van der Waals surface area contributed by atoms with Crippen LogP contribution in [0.1, 0.15) is 25.0 Å². The molecule has 0 aliphatic heterocycles. The van der Waals surface area contributed by atoms with Crippen LogP contribution in [0.5, 0.6) is 0 Å². The van der Waals surface area contributed by atoms with Gasteiger partial charge in [0.15, 0.2) is 0 Å². The zero-order valence-electron chi connectivity index (χ0n) is 12.6. The lowest BCUT2D eigenvalue weighted by molar-refractivity contribution is 0.634. The van der Waals surface area contributed by atoms with Gasteiger partial charge in [0, 0.05) is 16.5 Å². The van der Waals surface area contributed by atoms with E-state index >= 15 is 0 Å². The zero-order chi connectivity index (χ0) is 16.5. The van der Waals surface area contributed by atoms with Crippen LogP contribution < -0.4 is 5.46 Å². The molecule has 0 N–H and O–H groups in total. The predicted molar refractivity (Wildman–Crippen MR) is 108 cm³/mol. The Labute approximate surface area is 152 Å². The molecule has 0 bridgehead atoms. The number of halogens is 2. The first-order valence-electron chi connectivity index (χ1n) is 7.03. The summed E-state index contributed by atoms with van der Waals surface area (Å²) in [4.78, 5) is 0. The summed E-state index contributed by atoms with van der Waals surface area (Å²) in [5.41, 5.74) is 2.64. The van der Waals surface area contributed by atoms with E-state index in [1.165, 1.54) is 5.56 Å². The summed E-state index contributed by atoms with van der Waals surface area (Å²) < 4.78 is 13.8. The van der Waals surface area contributed by atoms with Gasteiger partial charge in [-0.15, -0.1) is 0 Å². The summed E-state index contributed by atoms with van der Waals surface area (Å²) in [7, 11) is 0. The highest BCUT2D eigenvalue weighted by Crippen LogP contribution is 2.20. The average molecular weight is 373 g/mol. The van der Waals surface area contributed by atoms with Crippen molar-refractivity contribution in [3.05, 3.63) is 64.4 Å². The first-order chi connectivity index (χ1) is 10.6. The van der Waals surface area contributed by atoms with Crippen LogP contribution in [0.25, 0.3) is 0 Å². The lowest BCUT2D eigenvalue weighted by Gasteiger charge is -2.07. The van der Waals surface area contributed by atoms with Crippen LogP contribution in [0.2, 0.25) is 5.02 Å². The van der Waals surface area contributed by atoms with Crippen LogP contribution >= 0.6 is 48.3 Å². The predicted octanol–water partition coefficient (Wildman–Crippen LogP) is 5.49. The molecule has 0 saturated heterocycles. The molecular weight excluding hydrogens is 354 g/mol. The minimum Gasteiger partial charge on any atom is -0.208 e. The van der Waals surface area contributed by atoms with Gasteiger partial charge >= 0.3 is 5.27 Å². The van der Waals surface area contributed by atoms with E-state index in [1.54, 1.807) is 23.9 Å². The molecule has 0 unspecified atom stereocenters. The molecule has 6 heteroatoms. The molecule has 0 spiro atoms. The van der Waals surface area contributed by atoms with Gasteiger partial charge < -0.3 is 0 Å². The molecule has 0 aromatic heterocycles. The Bertz CT molecular complexity index is 593. The van der Waals surface area contributed by atoms with Crippen molar-refractivity contribution >= 4 is 59.1 Å². The molecule has 2 aromatic rings. The number of thiol groups is 2. The van der Waals surface area contributed by atoms with Gasteiger partial charge in [0.1, 0.15) is 5.82 Å². The van der Waals surface area contributed by atoms with Crippen molar-refractivity contribution in [1.82, 2.24) is 0 Å². The second kappa shape index (κ2) is 10.5. The summed E-state index contributed by atoms with van der Waals surface area (Å²) in [5.74, 6) is 1.36. The van der Waals surface area contributed by atoms with Gasteiger partial charge in [-0.1, -0.05) is 49.7 Å². The Kier molecular flexibility index (Phi) is 9.49. The normalized spacial score (nSPS) is 9.91. The number of thioether (sulfide) groups is 1. The van der Waals surface area contributed by atoms with E-state index in [0.717, 1.165) is 22.1 Å². The van der Waals surface area contributed by atoms with Crippen LogP contribution in [0.15, 0.2) is 42.5 Å². The fourth-order valence-corrected chi connectivity index (χ4v) is 3.35. The molecule has 0 amide bonds. The maximum Gasteiger partial charge on any atom is 0.304 e. The monoisotopic (exact) mass is 372 g/mol. The molecule has 2 aromatic carbocycles. The largest absolute Gasteiger partial charge is 0.304 e. The highest BCUT2D eigenvalue weighted by molar-refractivity contribution is 8.42. The van der Waals surface area contributed by atoms with E-state index in [9.17, 15) is 4.39 Å². The van der Waals surface area contributed by atoms with Gasteiger partial charge in [-0.3, -0.25) is 0 Å². The van der Waals surface area contributed by atoms with E-state index in [0.29, 0.717) is 5.46 Å². The lowest BCUT2D eigenvalue weighted by atomic mass is 9.91. The second-order valence-electron chi connectivity index (χ2n) is 4.35. The third-order valence-corrected chi connectivity index (χ3v) is 4.64. The molecule has 0 nitrogen and oxygen atoms in total. The Morgan fingerprint density at radius 3 is 2.23 bits per heavy atom. The zero-order valence-corrected chi connectivity index (χ0v) is 16.0. The molecule has 2 rings (SSSR count). The smallest absolute Gasteiger partial charge is 0.208 e. The third-order valence-electron chi connectivity index (χ3n) is 2.77. The maximum atomic E-state index is 13.8. The van der Waals surface area contributed by atoms with Crippen molar-refractivity contribution in [3.8, 4) is 0 Å². The van der Waals surface area contributed by atoms with Gasteiger partial charge in [0.25, 0.3) is 0 Å². The maximum absolute atomic E-state index is 13.8. The second-order valence-corrected chi connectivity index (χ2v) is 7.21. The number of benzene rings is 2. The first kappa shape index (κ1) is 19.8. The van der Waals surface area contributed by atoms with Gasteiger partial charge in [0.05, 0.1) is 0 Å². The van der Waals surface area contributed by atoms with Crippen LogP contribution in [0.3, 0.4) is 0 Å². The van der Waals surface area contributed by atoms with Crippen molar-refractivity contribution in [2.24, 2.45) is 0 Å². The molecule has 0 heterocycles. The van der Waals surface area contributed by atoms with Crippen molar-refractivity contribution in [2.45, 2.75) is 25.4 Å². The molecule has 118 valence electrons. The molecule has 0 aliphatic rings. The molecule has 22 heavy (non-hydrogen) atoms.